The number of thiazole rings is 1. The minimum atomic E-state index is 0.342. The van der Waals surface area contributed by atoms with Crippen LogP contribution in [-0.4, -0.2) is 12.0 Å². The molecule has 0 radical (unpaired) electrons. The van der Waals surface area contributed by atoms with Crippen molar-refractivity contribution >= 4 is 11.3 Å². The monoisotopic (exact) mass is 198 g/mol. The lowest BCUT2D eigenvalue weighted by Crippen LogP contribution is -2.08. The van der Waals surface area contributed by atoms with E-state index in [-0.39, 0.29) is 0 Å². The van der Waals surface area contributed by atoms with Crippen molar-refractivity contribution in [2.75, 3.05) is 7.05 Å². The van der Waals surface area contributed by atoms with Gasteiger partial charge in [-0.25, -0.2) is 4.98 Å². The highest BCUT2D eigenvalue weighted by molar-refractivity contribution is 7.11. The summed E-state index contributed by atoms with van der Waals surface area (Å²) in [5.41, 5.74) is 0.342. The highest BCUT2D eigenvalue weighted by Gasteiger charge is 2.13. The Hall–Kier alpha value is -0.410. The predicted octanol–water partition coefficient (Wildman–Crippen LogP) is 2.45. The van der Waals surface area contributed by atoms with Crippen LogP contribution in [0.15, 0.2) is 6.20 Å². The Bertz CT molecular complexity index is 260. The van der Waals surface area contributed by atoms with Crippen molar-refractivity contribution < 1.29 is 0 Å². The summed E-state index contributed by atoms with van der Waals surface area (Å²) in [4.78, 5) is 5.72. The van der Waals surface area contributed by atoms with Gasteiger partial charge < -0.3 is 5.32 Å². The van der Waals surface area contributed by atoms with E-state index in [1.54, 1.807) is 0 Å². The zero-order chi connectivity index (χ0) is 9.90. The summed E-state index contributed by atoms with van der Waals surface area (Å²) in [6.07, 6.45) is 3.05. The van der Waals surface area contributed by atoms with Crippen LogP contribution in [-0.2, 0) is 13.0 Å². The molecule has 1 aromatic rings. The van der Waals surface area contributed by atoms with Gasteiger partial charge in [0, 0.05) is 24.0 Å². The molecule has 1 rings (SSSR count). The second-order valence-corrected chi connectivity index (χ2v) is 5.69. The molecule has 0 saturated heterocycles. The quantitative estimate of drug-likeness (QED) is 0.807. The third-order valence-corrected chi connectivity index (χ3v) is 2.63. The lowest BCUT2D eigenvalue weighted by Gasteiger charge is -2.15. The SMILES string of the molecule is CNCc1cnc(CC(C)(C)C)s1. The third-order valence-electron chi connectivity index (χ3n) is 1.63. The summed E-state index contributed by atoms with van der Waals surface area (Å²) in [5.74, 6) is 0. The van der Waals surface area contributed by atoms with Gasteiger partial charge in [-0.05, 0) is 12.5 Å². The van der Waals surface area contributed by atoms with Crippen LogP contribution >= 0.6 is 11.3 Å². The van der Waals surface area contributed by atoms with Crippen molar-refractivity contribution in [2.24, 2.45) is 5.41 Å². The van der Waals surface area contributed by atoms with E-state index in [2.05, 4.69) is 31.1 Å². The Morgan fingerprint density at radius 1 is 1.46 bits per heavy atom. The molecular formula is C10H18N2S. The second kappa shape index (κ2) is 4.20. The van der Waals surface area contributed by atoms with E-state index >= 15 is 0 Å². The topological polar surface area (TPSA) is 24.9 Å². The Balaban J connectivity index is 2.59. The normalized spacial score (nSPS) is 12.0. The van der Waals surface area contributed by atoms with E-state index in [0.717, 1.165) is 13.0 Å². The lowest BCUT2D eigenvalue weighted by molar-refractivity contribution is 0.410. The van der Waals surface area contributed by atoms with Gasteiger partial charge >= 0.3 is 0 Å². The molecule has 74 valence electrons. The van der Waals surface area contributed by atoms with E-state index in [9.17, 15) is 0 Å². The summed E-state index contributed by atoms with van der Waals surface area (Å²) in [6.45, 7) is 7.66. The number of rotatable bonds is 3. The van der Waals surface area contributed by atoms with E-state index < -0.39 is 0 Å². The third kappa shape index (κ3) is 3.87. The molecule has 0 aliphatic heterocycles. The highest BCUT2D eigenvalue weighted by atomic mass is 32.1. The average molecular weight is 198 g/mol. The smallest absolute Gasteiger partial charge is 0.0933 e. The van der Waals surface area contributed by atoms with Crippen LogP contribution in [0.3, 0.4) is 0 Å². The first-order valence-corrected chi connectivity index (χ1v) is 5.41. The molecule has 0 bridgehead atoms. The molecule has 0 spiro atoms. The van der Waals surface area contributed by atoms with E-state index in [4.69, 9.17) is 0 Å². The number of nitrogens with zero attached hydrogens (tertiary/aromatic N) is 1. The summed E-state index contributed by atoms with van der Waals surface area (Å²) in [7, 11) is 1.96. The fraction of sp³-hybridized carbons (Fsp3) is 0.700. The van der Waals surface area contributed by atoms with Crippen LogP contribution in [0.25, 0.3) is 0 Å². The molecule has 0 saturated carbocycles. The minimum Gasteiger partial charge on any atom is -0.315 e. The Morgan fingerprint density at radius 3 is 2.69 bits per heavy atom. The second-order valence-electron chi connectivity index (χ2n) is 4.49. The Morgan fingerprint density at radius 2 is 2.15 bits per heavy atom. The van der Waals surface area contributed by atoms with E-state index in [1.807, 2.05) is 24.6 Å². The van der Waals surface area contributed by atoms with E-state index in [0.29, 0.717) is 5.41 Å². The summed E-state index contributed by atoms with van der Waals surface area (Å²) >= 11 is 1.81. The first-order chi connectivity index (χ1) is 6.01. The van der Waals surface area contributed by atoms with Crippen LogP contribution in [0.4, 0.5) is 0 Å². The molecular weight excluding hydrogens is 180 g/mol. The van der Waals surface area contributed by atoms with Crippen molar-refractivity contribution in [1.82, 2.24) is 10.3 Å². The number of nitrogens with one attached hydrogen (secondary N) is 1. The molecule has 1 aromatic heterocycles. The largest absolute Gasteiger partial charge is 0.315 e. The zero-order valence-corrected chi connectivity index (χ0v) is 9.66. The molecule has 13 heavy (non-hydrogen) atoms. The van der Waals surface area contributed by atoms with Gasteiger partial charge in [-0.1, -0.05) is 20.8 Å². The van der Waals surface area contributed by atoms with Gasteiger partial charge in [0.1, 0.15) is 0 Å². The van der Waals surface area contributed by atoms with Gasteiger partial charge in [0.2, 0.25) is 0 Å². The summed E-state index contributed by atoms with van der Waals surface area (Å²) in [5, 5.41) is 4.38. The number of hydrogen-bond donors (Lipinski definition) is 1. The minimum absolute atomic E-state index is 0.342. The first-order valence-electron chi connectivity index (χ1n) is 4.59. The van der Waals surface area contributed by atoms with Crippen LogP contribution in [0.2, 0.25) is 0 Å². The molecule has 2 nitrogen and oxygen atoms in total. The van der Waals surface area contributed by atoms with Crippen LogP contribution in [0.1, 0.15) is 30.7 Å². The van der Waals surface area contributed by atoms with Crippen molar-refractivity contribution in [1.29, 1.82) is 0 Å². The molecule has 1 heterocycles. The van der Waals surface area contributed by atoms with Gasteiger partial charge in [0.25, 0.3) is 0 Å². The molecule has 3 heteroatoms. The van der Waals surface area contributed by atoms with Crippen molar-refractivity contribution in [3.8, 4) is 0 Å². The highest BCUT2D eigenvalue weighted by Crippen LogP contribution is 2.23. The molecule has 1 N–H and O–H groups in total. The van der Waals surface area contributed by atoms with Crippen molar-refractivity contribution in [3.63, 3.8) is 0 Å². The van der Waals surface area contributed by atoms with Crippen LogP contribution in [0.5, 0.6) is 0 Å². The molecule has 0 aromatic carbocycles. The fourth-order valence-corrected chi connectivity index (χ4v) is 2.37. The molecule has 0 aliphatic carbocycles. The fourth-order valence-electron chi connectivity index (χ4n) is 1.14. The van der Waals surface area contributed by atoms with Crippen molar-refractivity contribution in [2.45, 2.75) is 33.7 Å². The van der Waals surface area contributed by atoms with Crippen molar-refractivity contribution in [3.05, 3.63) is 16.1 Å². The average Bonchev–Trinajstić information content (AvgIpc) is 2.33. The van der Waals surface area contributed by atoms with Gasteiger partial charge in [-0.3, -0.25) is 0 Å². The standard InChI is InChI=1S/C10H18N2S/c1-10(2,3)5-9-12-7-8(13-9)6-11-4/h7,11H,5-6H2,1-4H3. The van der Waals surface area contributed by atoms with Gasteiger partial charge in [0.15, 0.2) is 0 Å². The number of aromatic nitrogens is 1. The lowest BCUT2D eigenvalue weighted by atomic mass is 9.93. The molecule has 0 unspecified atom stereocenters. The zero-order valence-electron chi connectivity index (χ0n) is 8.85. The van der Waals surface area contributed by atoms with Gasteiger partial charge in [-0.2, -0.15) is 0 Å². The summed E-state index contributed by atoms with van der Waals surface area (Å²) < 4.78 is 0. The maximum atomic E-state index is 4.40. The molecule has 0 fully saturated rings. The molecule has 0 amide bonds. The maximum absolute atomic E-state index is 4.40. The summed E-state index contributed by atoms with van der Waals surface area (Å²) in [6, 6.07) is 0. The maximum Gasteiger partial charge on any atom is 0.0933 e. The predicted molar refractivity (Wildman–Crippen MR) is 58.0 cm³/mol. The number of hydrogen-bond acceptors (Lipinski definition) is 3. The van der Waals surface area contributed by atoms with Crippen LogP contribution in [0, 0.1) is 5.41 Å². The molecule has 0 atom stereocenters. The first kappa shape index (κ1) is 10.7. The Labute approximate surface area is 84.4 Å². The van der Waals surface area contributed by atoms with Gasteiger partial charge in [0.05, 0.1) is 5.01 Å². The molecule has 0 aliphatic rings. The van der Waals surface area contributed by atoms with E-state index in [1.165, 1.54) is 9.88 Å². The van der Waals surface area contributed by atoms with Gasteiger partial charge in [-0.15, -0.1) is 11.3 Å². The Kier molecular flexibility index (Phi) is 3.45. The van der Waals surface area contributed by atoms with Crippen LogP contribution < -0.4 is 5.32 Å².